The van der Waals surface area contributed by atoms with Gasteiger partial charge in [-0.3, -0.25) is 14.5 Å². The molecule has 0 saturated carbocycles. The van der Waals surface area contributed by atoms with Crippen LogP contribution in [0, 0.1) is 0 Å². The topological polar surface area (TPSA) is 123 Å². The van der Waals surface area contributed by atoms with Crippen LogP contribution in [-0.4, -0.2) is 69.4 Å². The standard InChI is InChI=1S/C32H28N4O6/c1-42-19-9-6-8-18(16-19)28-27-22(20-10-2-4-12-23(20)33-27)17-26-30(38)36(32(41)35(26)28)24-13-5-3-11-21(24)29(37)34-15-7-14-25(34)31(39)40/h2-6,8-13,16,25-26,28,33H,7,14-15,17H2,1H3,(H,39,40)/t25-,26-,28?/m0/s1. The number of carboxylic acid groups (broad SMARTS) is 1. The molecule has 212 valence electrons. The van der Waals surface area contributed by atoms with E-state index in [0.29, 0.717) is 31.6 Å². The summed E-state index contributed by atoms with van der Waals surface area (Å²) in [4.78, 5) is 61.6. The zero-order chi connectivity index (χ0) is 29.1. The SMILES string of the molecule is COc1cccc(C2c3[nH]c4ccccc4c3C[C@H]3C(=O)N(c4ccccc4C(=O)N4CCC[C@H]4C(=O)O)C(=O)N23)c1. The van der Waals surface area contributed by atoms with Crippen LogP contribution in [0.5, 0.6) is 5.75 Å². The van der Waals surface area contributed by atoms with Crippen LogP contribution in [0.2, 0.25) is 0 Å². The maximum absolute atomic E-state index is 14.3. The molecule has 2 saturated heterocycles. The highest BCUT2D eigenvalue weighted by Crippen LogP contribution is 2.45. The van der Waals surface area contributed by atoms with Crippen LogP contribution in [0.1, 0.15) is 46.1 Å². The van der Waals surface area contributed by atoms with Gasteiger partial charge in [0.05, 0.1) is 18.4 Å². The van der Waals surface area contributed by atoms with Gasteiger partial charge in [0.25, 0.3) is 11.8 Å². The average molecular weight is 565 g/mol. The first-order chi connectivity index (χ1) is 20.4. The van der Waals surface area contributed by atoms with Gasteiger partial charge in [-0.25, -0.2) is 14.5 Å². The summed E-state index contributed by atoms with van der Waals surface area (Å²) in [6.07, 6.45) is 1.23. The summed E-state index contributed by atoms with van der Waals surface area (Å²) < 4.78 is 5.48. The Hall–Kier alpha value is -5.12. The molecule has 4 heterocycles. The summed E-state index contributed by atoms with van der Waals surface area (Å²) in [5.74, 6) is -1.39. The van der Waals surface area contributed by atoms with Gasteiger partial charge in [-0.15, -0.1) is 0 Å². The molecule has 7 rings (SSSR count). The summed E-state index contributed by atoms with van der Waals surface area (Å²) in [5, 5.41) is 10.7. The third-order valence-electron chi connectivity index (χ3n) is 8.63. The lowest BCUT2D eigenvalue weighted by Crippen LogP contribution is -2.44. The van der Waals surface area contributed by atoms with Crippen LogP contribution in [0.3, 0.4) is 0 Å². The molecule has 2 fully saturated rings. The number of methoxy groups -OCH3 is 1. The summed E-state index contributed by atoms with van der Waals surface area (Å²) in [6, 6.07) is 18.8. The highest BCUT2D eigenvalue weighted by Gasteiger charge is 2.54. The molecule has 0 bridgehead atoms. The van der Waals surface area contributed by atoms with Gasteiger partial charge in [-0.05, 0) is 54.3 Å². The molecule has 1 aromatic heterocycles. The van der Waals surface area contributed by atoms with Gasteiger partial charge in [-0.2, -0.15) is 0 Å². The minimum Gasteiger partial charge on any atom is -0.497 e. The predicted octanol–water partition coefficient (Wildman–Crippen LogP) is 4.35. The van der Waals surface area contributed by atoms with Crippen molar-refractivity contribution in [2.75, 3.05) is 18.6 Å². The van der Waals surface area contributed by atoms with Crippen molar-refractivity contribution >= 4 is 40.4 Å². The Morgan fingerprint density at radius 2 is 1.79 bits per heavy atom. The summed E-state index contributed by atoms with van der Waals surface area (Å²) >= 11 is 0. The van der Waals surface area contributed by atoms with Gasteiger partial charge in [0, 0.05) is 29.6 Å². The van der Waals surface area contributed by atoms with Crippen molar-refractivity contribution < 1.29 is 29.0 Å². The van der Waals surface area contributed by atoms with Gasteiger partial charge >= 0.3 is 12.0 Å². The molecule has 4 amide bonds. The number of fused-ring (bicyclic) bond motifs is 4. The fourth-order valence-electron chi connectivity index (χ4n) is 6.73. The molecule has 3 aromatic carbocycles. The van der Waals surface area contributed by atoms with Crippen LogP contribution < -0.4 is 9.64 Å². The number of nitrogens with one attached hydrogen (secondary N) is 1. The third kappa shape index (κ3) is 3.78. The van der Waals surface area contributed by atoms with E-state index in [-0.39, 0.29) is 11.3 Å². The number of anilines is 1. The molecule has 0 spiro atoms. The number of amides is 4. The molecule has 1 unspecified atom stereocenters. The lowest BCUT2D eigenvalue weighted by atomic mass is 9.89. The number of nitrogens with zero attached hydrogens (tertiary/aromatic N) is 3. The number of imide groups is 1. The van der Waals surface area contributed by atoms with Crippen molar-refractivity contribution in [2.24, 2.45) is 0 Å². The van der Waals surface area contributed by atoms with Crippen LogP contribution >= 0.6 is 0 Å². The quantitative estimate of drug-likeness (QED) is 0.348. The van der Waals surface area contributed by atoms with Crippen LogP contribution in [0.4, 0.5) is 10.5 Å². The lowest BCUT2D eigenvalue weighted by Gasteiger charge is -2.36. The van der Waals surface area contributed by atoms with Gasteiger partial charge < -0.3 is 19.7 Å². The Morgan fingerprint density at radius 1 is 1.00 bits per heavy atom. The molecule has 42 heavy (non-hydrogen) atoms. The van der Waals surface area contributed by atoms with Crippen molar-refractivity contribution in [3.05, 3.63) is 95.2 Å². The van der Waals surface area contributed by atoms with Crippen molar-refractivity contribution in [3.8, 4) is 5.75 Å². The first-order valence-electron chi connectivity index (χ1n) is 13.9. The van der Waals surface area contributed by atoms with E-state index >= 15 is 0 Å². The molecule has 4 aromatic rings. The number of H-pyrrole nitrogens is 1. The predicted molar refractivity (Wildman–Crippen MR) is 153 cm³/mol. The van der Waals surface area contributed by atoms with Gasteiger partial charge in [0.2, 0.25) is 0 Å². The minimum absolute atomic E-state index is 0.120. The first-order valence-corrected chi connectivity index (χ1v) is 13.9. The highest BCUT2D eigenvalue weighted by atomic mass is 16.5. The van der Waals surface area contributed by atoms with E-state index in [1.165, 1.54) is 4.90 Å². The molecular weight excluding hydrogens is 536 g/mol. The highest BCUT2D eigenvalue weighted by molar-refractivity contribution is 6.24. The van der Waals surface area contributed by atoms with Crippen LogP contribution in [0.25, 0.3) is 10.9 Å². The number of benzene rings is 3. The number of carbonyl (C=O) groups excluding carboxylic acids is 3. The van der Waals surface area contributed by atoms with Crippen molar-refractivity contribution in [1.29, 1.82) is 0 Å². The number of ether oxygens (including phenoxy) is 1. The van der Waals surface area contributed by atoms with E-state index in [4.69, 9.17) is 4.74 Å². The lowest BCUT2D eigenvalue weighted by molar-refractivity contribution is -0.141. The smallest absolute Gasteiger partial charge is 0.332 e. The fraction of sp³-hybridized carbons (Fsp3) is 0.250. The molecule has 0 radical (unpaired) electrons. The van der Waals surface area contributed by atoms with E-state index in [0.717, 1.165) is 32.6 Å². The molecule has 2 N–H and O–H groups in total. The van der Waals surface area contributed by atoms with E-state index in [1.54, 1.807) is 36.3 Å². The van der Waals surface area contributed by atoms with E-state index in [9.17, 15) is 24.3 Å². The number of hydrogen-bond donors (Lipinski definition) is 2. The summed E-state index contributed by atoms with van der Waals surface area (Å²) in [7, 11) is 1.58. The number of aromatic nitrogens is 1. The summed E-state index contributed by atoms with van der Waals surface area (Å²) in [5.41, 5.74) is 3.77. The third-order valence-corrected chi connectivity index (χ3v) is 8.63. The number of rotatable bonds is 5. The van der Waals surface area contributed by atoms with E-state index < -0.39 is 41.9 Å². The minimum atomic E-state index is -1.07. The Kier molecular flexibility index (Phi) is 6.00. The van der Waals surface area contributed by atoms with E-state index in [2.05, 4.69) is 4.98 Å². The second-order valence-electron chi connectivity index (χ2n) is 10.8. The van der Waals surface area contributed by atoms with Crippen molar-refractivity contribution in [3.63, 3.8) is 0 Å². The number of carbonyl (C=O) groups is 4. The Morgan fingerprint density at radius 3 is 2.60 bits per heavy atom. The molecule has 10 heteroatoms. The second kappa shape index (κ2) is 9.76. The molecule has 10 nitrogen and oxygen atoms in total. The molecule has 3 aliphatic rings. The van der Waals surface area contributed by atoms with Gasteiger partial charge in [0.15, 0.2) is 0 Å². The Labute approximate surface area is 241 Å². The van der Waals surface area contributed by atoms with Crippen molar-refractivity contribution in [1.82, 2.24) is 14.8 Å². The molecular formula is C32H28N4O6. The molecule has 0 aliphatic carbocycles. The fourth-order valence-corrected chi connectivity index (χ4v) is 6.73. The van der Waals surface area contributed by atoms with E-state index in [1.807, 2.05) is 48.5 Å². The van der Waals surface area contributed by atoms with Crippen LogP contribution in [0.15, 0.2) is 72.8 Å². The number of likely N-dealkylation sites (tertiary alicyclic amines) is 1. The number of carboxylic acids is 1. The summed E-state index contributed by atoms with van der Waals surface area (Å²) in [6.45, 7) is 0.292. The average Bonchev–Trinajstić information content (AvgIpc) is 3.71. The molecule has 3 atom stereocenters. The normalized spacial score (nSPS) is 21.5. The first kappa shape index (κ1) is 25.8. The van der Waals surface area contributed by atoms with Gasteiger partial charge in [0.1, 0.15) is 23.9 Å². The second-order valence-corrected chi connectivity index (χ2v) is 10.8. The molecule has 3 aliphatic heterocycles. The largest absolute Gasteiger partial charge is 0.497 e. The zero-order valence-corrected chi connectivity index (χ0v) is 22.8. The maximum atomic E-state index is 14.3. The van der Waals surface area contributed by atoms with Gasteiger partial charge in [-0.1, -0.05) is 42.5 Å². The number of urea groups is 1. The van der Waals surface area contributed by atoms with Crippen molar-refractivity contribution in [2.45, 2.75) is 37.4 Å². The number of hydrogen-bond acceptors (Lipinski definition) is 5. The monoisotopic (exact) mass is 564 g/mol. The maximum Gasteiger partial charge on any atom is 0.332 e. The van der Waals surface area contributed by atoms with Crippen LogP contribution in [-0.2, 0) is 16.0 Å². The number of para-hydroxylation sites is 2. The number of aliphatic carboxylic acids is 1. The Bertz CT molecular complexity index is 1780. The number of aromatic amines is 1. The zero-order valence-electron chi connectivity index (χ0n) is 22.8. The Balaban J connectivity index is 1.34.